The average molecular weight is 207 g/mol. The molecular weight excluding hydrogens is 194 g/mol. The van der Waals surface area contributed by atoms with Gasteiger partial charge in [-0.2, -0.15) is 0 Å². The van der Waals surface area contributed by atoms with Crippen molar-refractivity contribution >= 4 is 11.8 Å². The Balaban J connectivity index is 2.31. The maximum Gasteiger partial charge on any atom is 0.339 e. The second-order valence-corrected chi connectivity index (χ2v) is 3.67. The highest BCUT2D eigenvalue weighted by atomic mass is 16.4. The van der Waals surface area contributed by atoms with Gasteiger partial charge in [0.25, 0.3) is 0 Å². The first-order chi connectivity index (χ1) is 7.18. The van der Waals surface area contributed by atoms with Gasteiger partial charge in [0.05, 0.1) is 0 Å². The van der Waals surface area contributed by atoms with E-state index in [1.165, 1.54) is 0 Å². The van der Waals surface area contributed by atoms with Crippen LogP contribution in [0.2, 0.25) is 0 Å². The lowest BCUT2D eigenvalue weighted by atomic mass is 10.2. The minimum atomic E-state index is -0.946. The Morgan fingerprint density at radius 3 is 3.07 bits per heavy atom. The molecular formula is C10H13N3O2. The largest absolute Gasteiger partial charge is 0.478 e. The van der Waals surface area contributed by atoms with Crippen LogP contribution in [0.15, 0.2) is 18.3 Å². The lowest BCUT2D eigenvalue weighted by Gasteiger charge is -2.18. The third-order valence-electron chi connectivity index (χ3n) is 2.54. The molecule has 0 radical (unpaired) electrons. The van der Waals surface area contributed by atoms with Crippen molar-refractivity contribution < 1.29 is 9.90 Å². The Labute approximate surface area is 87.5 Å². The van der Waals surface area contributed by atoms with Crippen LogP contribution in [-0.2, 0) is 0 Å². The normalized spacial score (nSPS) is 20.6. The Bertz CT molecular complexity index is 381. The Hall–Kier alpha value is -1.62. The van der Waals surface area contributed by atoms with Crippen LogP contribution in [0.25, 0.3) is 0 Å². The standard InChI is InChI=1S/C10H13N3O2/c11-7-3-5-13(6-7)9-8(10(14)15)2-1-4-12-9/h1-2,4,7H,3,5-6,11H2,(H,14,15)/t7-/m0/s1. The number of anilines is 1. The maximum absolute atomic E-state index is 11.0. The van der Waals surface area contributed by atoms with Crippen molar-refractivity contribution in [3.8, 4) is 0 Å². The van der Waals surface area contributed by atoms with E-state index in [-0.39, 0.29) is 11.6 Å². The van der Waals surface area contributed by atoms with Gasteiger partial charge in [-0.25, -0.2) is 9.78 Å². The maximum atomic E-state index is 11.0. The van der Waals surface area contributed by atoms with E-state index in [0.717, 1.165) is 13.0 Å². The van der Waals surface area contributed by atoms with E-state index in [0.29, 0.717) is 12.4 Å². The van der Waals surface area contributed by atoms with E-state index in [2.05, 4.69) is 4.98 Å². The second kappa shape index (κ2) is 3.86. The van der Waals surface area contributed by atoms with Gasteiger partial charge in [-0.3, -0.25) is 0 Å². The summed E-state index contributed by atoms with van der Waals surface area (Å²) >= 11 is 0. The molecule has 2 rings (SSSR count). The first kappa shape index (κ1) is 9.92. The summed E-state index contributed by atoms with van der Waals surface area (Å²) in [6.45, 7) is 1.45. The lowest BCUT2D eigenvalue weighted by molar-refractivity contribution is 0.0697. The summed E-state index contributed by atoms with van der Waals surface area (Å²) in [4.78, 5) is 17.0. The highest BCUT2D eigenvalue weighted by Gasteiger charge is 2.24. The van der Waals surface area contributed by atoms with E-state index in [4.69, 9.17) is 10.8 Å². The van der Waals surface area contributed by atoms with Gasteiger partial charge in [-0.05, 0) is 18.6 Å². The zero-order chi connectivity index (χ0) is 10.8. The van der Waals surface area contributed by atoms with E-state index in [1.54, 1.807) is 18.3 Å². The molecule has 1 saturated heterocycles. The number of nitrogens with zero attached hydrogens (tertiary/aromatic N) is 2. The zero-order valence-corrected chi connectivity index (χ0v) is 8.26. The molecule has 0 saturated carbocycles. The zero-order valence-electron chi connectivity index (χ0n) is 8.26. The third kappa shape index (κ3) is 1.92. The number of carboxylic acid groups (broad SMARTS) is 1. The summed E-state index contributed by atoms with van der Waals surface area (Å²) in [5.74, 6) is -0.420. The predicted octanol–water partition coefficient (Wildman–Crippen LogP) is 0.317. The van der Waals surface area contributed by atoms with E-state index in [1.807, 2.05) is 4.90 Å². The molecule has 15 heavy (non-hydrogen) atoms. The van der Waals surface area contributed by atoms with Crippen molar-refractivity contribution in [2.75, 3.05) is 18.0 Å². The first-order valence-electron chi connectivity index (χ1n) is 4.87. The highest BCUT2D eigenvalue weighted by molar-refractivity contribution is 5.93. The number of aromatic carboxylic acids is 1. The molecule has 0 aliphatic carbocycles. The van der Waals surface area contributed by atoms with Crippen LogP contribution in [0.1, 0.15) is 16.8 Å². The average Bonchev–Trinajstić information content (AvgIpc) is 2.65. The van der Waals surface area contributed by atoms with Crippen molar-refractivity contribution in [1.82, 2.24) is 4.98 Å². The van der Waals surface area contributed by atoms with E-state index in [9.17, 15) is 4.79 Å². The molecule has 2 heterocycles. The molecule has 5 heteroatoms. The number of carbonyl (C=O) groups is 1. The number of nitrogens with two attached hydrogens (primary N) is 1. The molecule has 0 bridgehead atoms. The minimum absolute atomic E-state index is 0.119. The molecule has 5 nitrogen and oxygen atoms in total. The fourth-order valence-electron chi connectivity index (χ4n) is 1.80. The van der Waals surface area contributed by atoms with Crippen LogP contribution in [-0.4, -0.2) is 35.2 Å². The van der Waals surface area contributed by atoms with Gasteiger partial charge >= 0.3 is 5.97 Å². The smallest absolute Gasteiger partial charge is 0.339 e. The number of pyridine rings is 1. The molecule has 0 amide bonds. The molecule has 3 N–H and O–H groups in total. The van der Waals surface area contributed by atoms with Crippen molar-refractivity contribution in [2.24, 2.45) is 5.73 Å². The highest BCUT2D eigenvalue weighted by Crippen LogP contribution is 2.21. The van der Waals surface area contributed by atoms with Crippen LogP contribution in [0.4, 0.5) is 5.82 Å². The molecule has 1 aromatic rings. The van der Waals surface area contributed by atoms with E-state index < -0.39 is 5.97 Å². The number of hydrogen-bond donors (Lipinski definition) is 2. The van der Waals surface area contributed by atoms with Gasteiger partial charge in [0.1, 0.15) is 11.4 Å². The second-order valence-electron chi connectivity index (χ2n) is 3.67. The third-order valence-corrected chi connectivity index (χ3v) is 2.54. The molecule has 1 aliphatic heterocycles. The summed E-state index contributed by atoms with van der Waals surface area (Å²) in [5, 5.41) is 8.99. The van der Waals surface area contributed by atoms with Crippen LogP contribution in [0.3, 0.4) is 0 Å². The molecule has 1 aliphatic rings. The quantitative estimate of drug-likeness (QED) is 0.730. The number of aromatic nitrogens is 1. The van der Waals surface area contributed by atoms with Gasteiger partial charge in [0.2, 0.25) is 0 Å². The van der Waals surface area contributed by atoms with Gasteiger partial charge in [-0.1, -0.05) is 0 Å². The topological polar surface area (TPSA) is 79.5 Å². The monoisotopic (exact) mass is 207 g/mol. The van der Waals surface area contributed by atoms with Crippen LogP contribution < -0.4 is 10.6 Å². The number of rotatable bonds is 2. The van der Waals surface area contributed by atoms with E-state index >= 15 is 0 Å². The van der Waals surface area contributed by atoms with Crippen molar-refractivity contribution in [2.45, 2.75) is 12.5 Å². The van der Waals surface area contributed by atoms with Crippen LogP contribution in [0, 0.1) is 0 Å². The van der Waals surface area contributed by atoms with Gasteiger partial charge in [0, 0.05) is 25.3 Å². The van der Waals surface area contributed by atoms with Gasteiger partial charge in [-0.15, -0.1) is 0 Å². The molecule has 0 aromatic carbocycles. The summed E-state index contributed by atoms with van der Waals surface area (Å²) in [5.41, 5.74) is 6.01. The fourth-order valence-corrected chi connectivity index (χ4v) is 1.80. The Morgan fingerprint density at radius 1 is 1.67 bits per heavy atom. The Morgan fingerprint density at radius 2 is 2.47 bits per heavy atom. The lowest BCUT2D eigenvalue weighted by Crippen LogP contribution is -2.28. The summed E-state index contributed by atoms with van der Waals surface area (Å²) in [6.07, 6.45) is 2.49. The SMILES string of the molecule is N[C@H]1CCN(c2ncccc2C(=O)O)C1. The number of carboxylic acids is 1. The first-order valence-corrected chi connectivity index (χ1v) is 4.87. The van der Waals surface area contributed by atoms with Crippen molar-refractivity contribution in [3.05, 3.63) is 23.9 Å². The van der Waals surface area contributed by atoms with Crippen LogP contribution in [0.5, 0.6) is 0 Å². The van der Waals surface area contributed by atoms with Crippen LogP contribution >= 0.6 is 0 Å². The molecule has 1 aromatic heterocycles. The summed E-state index contributed by atoms with van der Waals surface area (Å²) < 4.78 is 0. The minimum Gasteiger partial charge on any atom is -0.478 e. The molecule has 80 valence electrons. The molecule has 1 atom stereocenters. The fraction of sp³-hybridized carbons (Fsp3) is 0.400. The van der Waals surface area contributed by atoms with Crippen molar-refractivity contribution in [3.63, 3.8) is 0 Å². The molecule has 0 unspecified atom stereocenters. The van der Waals surface area contributed by atoms with Crippen molar-refractivity contribution in [1.29, 1.82) is 0 Å². The summed E-state index contributed by atoms with van der Waals surface area (Å²) in [7, 11) is 0. The Kier molecular flexibility index (Phi) is 2.55. The van der Waals surface area contributed by atoms with Gasteiger partial charge in [0.15, 0.2) is 0 Å². The van der Waals surface area contributed by atoms with Gasteiger partial charge < -0.3 is 15.7 Å². The summed E-state index contributed by atoms with van der Waals surface area (Å²) in [6, 6.07) is 3.31. The predicted molar refractivity (Wildman–Crippen MR) is 56.0 cm³/mol. The molecule has 0 spiro atoms. The number of hydrogen-bond acceptors (Lipinski definition) is 4. The molecule has 1 fully saturated rings.